The summed E-state index contributed by atoms with van der Waals surface area (Å²) in [6.07, 6.45) is 19.8. The van der Waals surface area contributed by atoms with E-state index in [0.717, 1.165) is 12.8 Å². The van der Waals surface area contributed by atoms with E-state index in [0.29, 0.717) is 5.76 Å². The molecule has 0 rings (SSSR count). The number of hydrogen-bond donors (Lipinski definition) is 1. The summed E-state index contributed by atoms with van der Waals surface area (Å²) >= 11 is 0. The molecule has 0 saturated carbocycles. The minimum atomic E-state index is -1.92. The molecule has 0 saturated heterocycles. The summed E-state index contributed by atoms with van der Waals surface area (Å²) in [6, 6.07) is 0. The fourth-order valence-electron chi connectivity index (χ4n) is 3.59. The molecule has 0 aromatic rings. The van der Waals surface area contributed by atoms with Crippen LogP contribution in [0.15, 0.2) is 11.8 Å². The van der Waals surface area contributed by atoms with Crippen LogP contribution in [0.3, 0.4) is 0 Å². The van der Waals surface area contributed by atoms with E-state index in [9.17, 15) is 14.7 Å². The zero-order chi connectivity index (χ0) is 22.7. The third kappa shape index (κ3) is 12.4. The lowest BCUT2D eigenvalue weighted by atomic mass is 10.0. The molecule has 1 N–H and O–H groups in total. The van der Waals surface area contributed by atoms with Crippen LogP contribution in [0.25, 0.3) is 0 Å². The first-order valence-electron chi connectivity index (χ1n) is 12.2. The third-order valence-corrected chi connectivity index (χ3v) is 5.56. The quantitative estimate of drug-likeness (QED) is 0.0965. The number of hydrogen-bond acceptors (Lipinski definition) is 4. The van der Waals surface area contributed by atoms with Gasteiger partial charge in [-0.2, -0.15) is 0 Å². The van der Waals surface area contributed by atoms with Crippen LogP contribution >= 0.6 is 0 Å². The van der Waals surface area contributed by atoms with Crippen molar-refractivity contribution in [3.8, 4) is 0 Å². The molecule has 0 amide bonds. The first-order valence-corrected chi connectivity index (χ1v) is 12.2. The number of ether oxygens (including phenoxy) is 2. The lowest BCUT2D eigenvalue weighted by Gasteiger charge is -2.25. The molecular formula is C25H46O5. The molecule has 1 unspecified atom stereocenters. The van der Waals surface area contributed by atoms with Crippen molar-refractivity contribution in [2.24, 2.45) is 0 Å². The number of rotatable bonds is 20. The van der Waals surface area contributed by atoms with Gasteiger partial charge in [0, 0.05) is 6.61 Å². The number of carbonyl (C=O) groups is 2. The van der Waals surface area contributed by atoms with Gasteiger partial charge in [0.25, 0.3) is 5.60 Å². The summed E-state index contributed by atoms with van der Waals surface area (Å²) < 4.78 is 10.5. The van der Waals surface area contributed by atoms with Crippen LogP contribution < -0.4 is 0 Å². The van der Waals surface area contributed by atoms with E-state index in [1.165, 1.54) is 77.0 Å². The summed E-state index contributed by atoms with van der Waals surface area (Å²) in [5, 5.41) is 9.40. The second kappa shape index (κ2) is 18.4. The van der Waals surface area contributed by atoms with Crippen LogP contribution in [0.1, 0.15) is 124 Å². The molecule has 5 heteroatoms. The minimum absolute atomic E-state index is 0.0289. The van der Waals surface area contributed by atoms with Gasteiger partial charge < -0.3 is 14.6 Å². The van der Waals surface area contributed by atoms with Gasteiger partial charge in [0.15, 0.2) is 0 Å². The van der Waals surface area contributed by atoms with Crippen LogP contribution in [0.5, 0.6) is 0 Å². The summed E-state index contributed by atoms with van der Waals surface area (Å²) in [7, 11) is 0. The Bertz CT molecular complexity index is 486. The zero-order valence-corrected chi connectivity index (χ0v) is 20.0. The van der Waals surface area contributed by atoms with Gasteiger partial charge in [-0.05, 0) is 39.2 Å². The molecule has 0 aliphatic carbocycles. The van der Waals surface area contributed by atoms with Gasteiger partial charge in [-0.15, -0.1) is 0 Å². The smallest absolute Gasteiger partial charge is 0.355 e. The van der Waals surface area contributed by atoms with Crippen molar-refractivity contribution in [3.05, 3.63) is 11.8 Å². The molecule has 30 heavy (non-hydrogen) atoms. The molecule has 1 atom stereocenters. The Kier molecular flexibility index (Phi) is 17.6. The fourth-order valence-corrected chi connectivity index (χ4v) is 3.59. The van der Waals surface area contributed by atoms with E-state index in [1.54, 1.807) is 20.8 Å². The molecule has 0 radical (unpaired) electrons. The predicted octanol–water partition coefficient (Wildman–Crippen LogP) is 7.18. The molecule has 5 nitrogen and oxygen atoms in total. The topological polar surface area (TPSA) is 72.8 Å². The van der Waals surface area contributed by atoms with Gasteiger partial charge in [-0.25, -0.2) is 9.59 Å². The Balaban J connectivity index is 3.86. The number of unbranched alkanes of at least 4 members (excludes halogenated alkanes) is 13. The Labute approximate surface area is 184 Å². The number of allylic oxidation sites excluding steroid dienone is 2. The molecule has 0 spiro atoms. The van der Waals surface area contributed by atoms with E-state index < -0.39 is 17.5 Å². The number of carboxylic acid groups (broad SMARTS) is 1. The summed E-state index contributed by atoms with van der Waals surface area (Å²) in [4.78, 5) is 23.8. The molecule has 176 valence electrons. The predicted molar refractivity (Wildman–Crippen MR) is 122 cm³/mol. The van der Waals surface area contributed by atoms with Crippen LogP contribution in [0.4, 0.5) is 0 Å². The zero-order valence-electron chi connectivity index (χ0n) is 20.0. The average molecular weight is 427 g/mol. The maximum atomic E-state index is 12.3. The van der Waals surface area contributed by atoms with E-state index in [1.807, 2.05) is 6.08 Å². The average Bonchev–Trinajstić information content (AvgIpc) is 2.71. The van der Waals surface area contributed by atoms with Gasteiger partial charge in [-0.1, -0.05) is 90.9 Å². The highest BCUT2D eigenvalue weighted by Crippen LogP contribution is 2.21. The Morgan fingerprint density at radius 3 is 1.67 bits per heavy atom. The lowest BCUT2D eigenvalue weighted by Crippen LogP contribution is -2.49. The van der Waals surface area contributed by atoms with E-state index in [2.05, 4.69) is 6.92 Å². The Hall–Kier alpha value is -1.36. The van der Waals surface area contributed by atoms with Gasteiger partial charge >= 0.3 is 11.9 Å². The highest BCUT2D eigenvalue weighted by Gasteiger charge is 2.47. The van der Waals surface area contributed by atoms with E-state index >= 15 is 0 Å². The molecular weight excluding hydrogens is 380 g/mol. The number of esters is 1. The number of carboxylic acids is 1. The van der Waals surface area contributed by atoms with Crippen molar-refractivity contribution >= 4 is 11.9 Å². The van der Waals surface area contributed by atoms with Gasteiger partial charge in [0.1, 0.15) is 5.76 Å². The van der Waals surface area contributed by atoms with Crippen LogP contribution in [-0.4, -0.2) is 29.3 Å². The van der Waals surface area contributed by atoms with Crippen LogP contribution in [0, 0.1) is 0 Å². The monoisotopic (exact) mass is 426 g/mol. The van der Waals surface area contributed by atoms with Gasteiger partial charge in [-0.3, -0.25) is 0 Å². The summed E-state index contributed by atoms with van der Waals surface area (Å²) in [6.45, 7) is 7.36. The Morgan fingerprint density at radius 2 is 1.27 bits per heavy atom. The van der Waals surface area contributed by atoms with Crippen LogP contribution in [-0.2, 0) is 19.1 Å². The number of carbonyl (C=O) groups excluding carboxylic acids is 1. The maximum absolute atomic E-state index is 12.3. The van der Waals surface area contributed by atoms with E-state index in [-0.39, 0.29) is 13.0 Å². The van der Waals surface area contributed by atoms with Crippen molar-refractivity contribution in [2.45, 2.75) is 130 Å². The fraction of sp³-hybridized carbons (Fsp3) is 0.840. The molecule has 0 heterocycles. The van der Waals surface area contributed by atoms with Crippen molar-refractivity contribution < 1.29 is 24.2 Å². The van der Waals surface area contributed by atoms with Crippen molar-refractivity contribution in [2.75, 3.05) is 6.61 Å². The second-order valence-corrected chi connectivity index (χ2v) is 8.15. The molecule has 0 bridgehead atoms. The van der Waals surface area contributed by atoms with Crippen molar-refractivity contribution in [3.63, 3.8) is 0 Å². The molecule has 0 aliphatic heterocycles. The molecule has 0 fully saturated rings. The summed E-state index contributed by atoms with van der Waals surface area (Å²) in [5.74, 6) is -1.71. The number of aliphatic carboxylic acids is 1. The molecule has 0 aromatic heterocycles. The van der Waals surface area contributed by atoms with Crippen LogP contribution in [0.2, 0.25) is 0 Å². The SMILES string of the molecule is CCCCCCCCCCCCCCCC=C(C)OC(=O)C(CC)(OCC)C(=O)O. The highest BCUT2D eigenvalue weighted by atomic mass is 16.6. The maximum Gasteiger partial charge on any atom is 0.355 e. The normalized spacial score (nSPS) is 13.8. The standard InChI is InChI=1S/C25H46O5/c1-5-8-9-10-11-12-13-14-15-16-17-18-19-20-21-22(4)30-24(28)25(6-2,23(26)27)29-7-3/h21H,5-20H2,1-4H3,(H,26,27). The highest BCUT2D eigenvalue weighted by molar-refractivity contribution is 6.03. The Morgan fingerprint density at radius 1 is 0.800 bits per heavy atom. The lowest BCUT2D eigenvalue weighted by molar-refractivity contribution is -0.184. The van der Waals surface area contributed by atoms with Gasteiger partial charge in [0.05, 0.1) is 0 Å². The van der Waals surface area contributed by atoms with E-state index in [4.69, 9.17) is 9.47 Å². The summed E-state index contributed by atoms with van der Waals surface area (Å²) in [5.41, 5.74) is -1.92. The minimum Gasteiger partial charge on any atom is -0.479 e. The van der Waals surface area contributed by atoms with Crippen molar-refractivity contribution in [1.29, 1.82) is 0 Å². The molecule has 0 aliphatic rings. The van der Waals surface area contributed by atoms with Crippen molar-refractivity contribution in [1.82, 2.24) is 0 Å². The second-order valence-electron chi connectivity index (χ2n) is 8.15. The molecule has 0 aromatic carbocycles. The first kappa shape index (κ1) is 28.6. The first-order chi connectivity index (χ1) is 14.4. The third-order valence-electron chi connectivity index (χ3n) is 5.56. The largest absolute Gasteiger partial charge is 0.479 e. The van der Waals surface area contributed by atoms with Gasteiger partial charge in [0.2, 0.25) is 0 Å².